The molecule has 0 unspecified atom stereocenters. The summed E-state index contributed by atoms with van der Waals surface area (Å²) in [6.07, 6.45) is -0.252. The van der Waals surface area contributed by atoms with Crippen molar-refractivity contribution in [2.45, 2.75) is 25.4 Å². The summed E-state index contributed by atoms with van der Waals surface area (Å²) in [7, 11) is 3.90. The van der Waals surface area contributed by atoms with Gasteiger partial charge in [0.2, 0.25) is 11.8 Å². The third-order valence-electron chi connectivity index (χ3n) is 9.54. The molecule has 4 aromatic carbocycles. The molecule has 2 aliphatic heterocycles. The molecule has 340 valence electrons. The highest BCUT2D eigenvalue weighted by Gasteiger charge is 2.30. The van der Waals surface area contributed by atoms with E-state index in [1.807, 2.05) is 19.0 Å². The number of likely N-dealkylation sites (N-methyl/N-ethyl adjacent to an activating group) is 2. The third-order valence-corrected chi connectivity index (χ3v) is 12.5. The lowest BCUT2D eigenvalue weighted by atomic mass is 10.1. The Morgan fingerprint density at radius 1 is 0.703 bits per heavy atom. The van der Waals surface area contributed by atoms with E-state index in [1.165, 1.54) is 11.3 Å². The Morgan fingerprint density at radius 2 is 1.09 bits per heavy atom. The summed E-state index contributed by atoms with van der Waals surface area (Å²) in [6, 6.07) is 13.2. The molecule has 6 aromatic rings. The second-order valence-electron chi connectivity index (χ2n) is 14.3. The van der Waals surface area contributed by atoms with Crippen molar-refractivity contribution < 1.29 is 61.2 Å². The smallest absolute Gasteiger partial charge is 0.349 e. The number of esters is 1. The molecule has 8 rings (SSSR count). The van der Waals surface area contributed by atoms with Crippen LogP contribution in [-0.2, 0) is 18.0 Å². The van der Waals surface area contributed by atoms with Gasteiger partial charge in [-0.15, -0.1) is 35.1 Å². The highest BCUT2D eigenvalue weighted by molar-refractivity contribution is 7.21. The van der Waals surface area contributed by atoms with Gasteiger partial charge in [-0.1, -0.05) is 35.3 Å². The normalized spacial score (nSPS) is 14.0. The van der Waals surface area contributed by atoms with Crippen molar-refractivity contribution in [2.75, 3.05) is 40.3 Å². The number of nitrogens with zero attached hydrogens (tertiary/aromatic N) is 2. The van der Waals surface area contributed by atoms with Crippen LogP contribution in [0, 0.1) is 23.3 Å². The summed E-state index contributed by atoms with van der Waals surface area (Å²) < 4.78 is 74.2. The minimum Gasteiger partial charge on any atom is -0.483 e. The van der Waals surface area contributed by atoms with Gasteiger partial charge < -0.3 is 40.8 Å². The molecule has 0 saturated carbocycles. The Balaban J connectivity index is 0.000000212. The second kappa shape index (κ2) is 21.2. The van der Waals surface area contributed by atoms with Crippen LogP contribution >= 0.6 is 58.3 Å². The van der Waals surface area contributed by atoms with Crippen molar-refractivity contribution in [3.8, 4) is 11.5 Å². The molecule has 0 aliphatic carbocycles. The zero-order valence-electron chi connectivity index (χ0n) is 33.5. The maximum absolute atomic E-state index is 14.3. The van der Waals surface area contributed by atoms with Gasteiger partial charge in [-0.3, -0.25) is 14.5 Å². The van der Waals surface area contributed by atoms with E-state index < -0.39 is 65.1 Å². The number of primary amides is 2. The van der Waals surface area contributed by atoms with E-state index in [0.717, 1.165) is 48.7 Å². The van der Waals surface area contributed by atoms with Crippen molar-refractivity contribution in [3.63, 3.8) is 0 Å². The van der Waals surface area contributed by atoms with E-state index in [-0.39, 0.29) is 57.7 Å². The number of carbonyl (C=O) groups excluding carboxylic acids is 3. The number of hydrogen-bond acceptors (Lipinski definition) is 12. The standard InChI is InChI=1S/C21H17ClF2N2O4S.C17H10ClF2NO4S.C4H9NO.ClH/c1-26-7-11(8-26)30-21(28)19-12(17-13(22)3-2-4-16(17)31-19)9-29-18-14(23)5-10(20(25)27)6-15(18)24;18-9-2-1-3-12-13(9)8(15(26-12)17(23)24)6-25-14-10(19)4-7(16(21)22)5-11(14)20;1-5-2-4(6)3-5;/h2-6,11H,7-9H2,1H3,(H2,25,27);1-5H,6H2,(H2,21,22)(H,23,24);4,6H,2-3H2,1H3;1H. The highest BCUT2D eigenvalue weighted by Crippen LogP contribution is 2.39. The zero-order chi connectivity index (χ0) is 45.9. The number of β-amino-alcohol motifs (C(OH)–C–C–N with tert-alkyl or cyclic N) is 1. The number of aromatic carboxylic acids is 1. The highest BCUT2D eigenvalue weighted by atomic mass is 35.5. The van der Waals surface area contributed by atoms with Gasteiger partial charge in [0.15, 0.2) is 34.8 Å². The SMILES string of the molecule is CN1CC(O)C1.CN1CC(OC(=O)c2sc3cccc(Cl)c3c2COc2c(F)cc(C(N)=O)cc2F)C1.Cl.NC(=O)c1cc(F)c(OCc2c(C(=O)O)sc3cccc(Cl)c23)c(F)c1. The molecule has 2 amide bonds. The fraction of sp³-hybridized carbons (Fsp3) is 0.238. The Bertz CT molecular complexity index is 2700. The van der Waals surface area contributed by atoms with Crippen LogP contribution in [0.15, 0.2) is 60.7 Å². The molecule has 2 fully saturated rings. The topological polar surface area (TPSA) is 195 Å². The van der Waals surface area contributed by atoms with Gasteiger partial charge in [0, 0.05) is 78.7 Å². The molecular weight excluding hydrogens is 951 g/mol. The van der Waals surface area contributed by atoms with Gasteiger partial charge in [-0.25, -0.2) is 27.2 Å². The number of halogens is 7. The van der Waals surface area contributed by atoms with Crippen LogP contribution in [0.5, 0.6) is 11.5 Å². The first-order valence-corrected chi connectivity index (χ1v) is 20.9. The van der Waals surface area contributed by atoms with E-state index in [2.05, 4.69) is 4.90 Å². The monoisotopic (exact) mass is 986 g/mol. The Morgan fingerprint density at radius 3 is 1.44 bits per heavy atom. The van der Waals surface area contributed by atoms with Crippen LogP contribution in [0.2, 0.25) is 10.0 Å². The summed E-state index contributed by atoms with van der Waals surface area (Å²) in [5.41, 5.74) is 9.98. The summed E-state index contributed by atoms with van der Waals surface area (Å²) in [5, 5.41) is 19.6. The minimum absolute atomic E-state index is 0. The number of carbonyl (C=O) groups is 4. The van der Waals surface area contributed by atoms with E-state index in [1.54, 1.807) is 36.4 Å². The fourth-order valence-corrected chi connectivity index (χ4v) is 9.38. The average molecular weight is 988 g/mol. The van der Waals surface area contributed by atoms with Crippen LogP contribution < -0.4 is 20.9 Å². The van der Waals surface area contributed by atoms with Crippen LogP contribution in [-0.4, -0.2) is 96.2 Å². The number of hydrogen-bond donors (Lipinski definition) is 4. The number of rotatable bonds is 11. The van der Waals surface area contributed by atoms with Crippen LogP contribution in [0.3, 0.4) is 0 Å². The predicted octanol–water partition coefficient (Wildman–Crippen LogP) is 7.91. The van der Waals surface area contributed by atoms with Gasteiger partial charge in [0.25, 0.3) is 0 Å². The van der Waals surface area contributed by atoms with Crippen molar-refractivity contribution in [1.82, 2.24) is 9.80 Å². The molecule has 6 N–H and O–H groups in total. The Kier molecular flexibility index (Phi) is 16.5. The number of carboxylic acids is 1. The molecule has 4 heterocycles. The summed E-state index contributed by atoms with van der Waals surface area (Å²) >= 11 is 14.6. The summed E-state index contributed by atoms with van der Waals surface area (Å²) in [6.45, 7) is 2.23. The first-order chi connectivity index (χ1) is 29.8. The van der Waals surface area contributed by atoms with E-state index in [0.29, 0.717) is 48.9 Å². The maximum Gasteiger partial charge on any atom is 0.349 e. The van der Waals surface area contributed by atoms with Crippen LogP contribution in [0.25, 0.3) is 20.2 Å². The molecule has 0 spiro atoms. The molecule has 0 atom stereocenters. The van der Waals surface area contributed by atoms with Gasteiger partial charge in [-0.05, 0) is 62.6 Å². The van der Waals surface area contributed by atoms with Crippen LogP contribution in [0.4, 0.5) is 17.6 Å². The lowest BCUT2D eigenvalue weighted by Crippen LogP contribution is -2.50. The number of aliphatic hydroxyl groups excluding tert-OH is 1. The van der Waals surface area contributed by atoms with Crippen LogP contribution in [0.1, 0.15) is 51.2 Å². The number of fused-ring (bicyclic) bond motifs is 2. The van der Waals surface area contributed by atoms with Gasteiger partial charge in [0.1, 0.15) is 29.1 Å². The van der Waals surface area contributed by atoms with Crippen molar-refractivity contribution in [3.05, 3.63) is 126 Å². The Labute approximate surface area is 386 Å². The zero-order valence-corrected chi connectivity index (χ0v) is 37.4. The van der Waals surface area contributed by atoms with E-state index in [4.69, 9.17) is 54.0 Å². The first kappa shape index (κ1) is 49.8. The first-order valence-electron chi connectivity index (χ1n) is 18.5. The molecule has 2 aliphatic rings. The molecule has 64 heavy (non-hydrogen) atoms. The number of thiophene rings is 2. The van der Waals surface area contributed by atoms with Crippen molar-refractivity contribution in [2.24, 2.45) is 11.5 Å². The number of likely N-dealkylation sites (tertiary alicyclic amines) is 2. The third kappa shape index (κ3) is 11.3. The summed E-state index contributed by atoms with van der Waals surface area (Å²) in [4.78, 5) is 50.8. The van der Waals surface area contributed by atoms with Crippen molar-refractivity contribution in [1.29, 1.82) is 0 Å². The molecule has 2 aromatic heterocycles. The molecule has 0 radical (unpaired) electrons. The van der Waals surface area contributed by atoms with Gasteiger partial charge >= 0.3 is 11.9 Å². The molecule has 22 heteroatoms. The van der Waals surface area contributed by atoms with E-state index >= 15 is 0 Å². The number of aliphatic hydroxyl groups is 1. The number of carboxylic acid groups (broad SMARTS) is 1. The molecule has 13 nitrogen and oxygen atoms in total. The van der Waals surface area contributed by atoms with Gasteiger partial charge in [0.05, 0.1) is 6.10 Å². The lowest BCUT2D eigenvalue weighted by Gasteiger charge is -2.35. The largest absolute Gasteiger partial charge is 0.483 e. The van der Waals surface area contributed by atoms with E-state index in [9.17, 15) is 41.8 Å². The summed E-state index contributed by atoms with van der Waals surface area (Å²) in [5.74, 6) is -9.53. The molecular formula is C42H37Cl3F4N4O9S2. The van der Waals surface area contributed by atoms with Gasteiger partial charge in [-0.2, -0.15) is 0 Å². The Hall–Kier alpha value is -5.25. The average Bonchev–Trinajstić information content (AvgIpc) is 3.77. The number of nitrogens with two attached hydrogens (primary N) is 2. The quantitative estimate of drug-likeness (QED) is 0.0728. The number of benzene rings is 4. The second-order valence-corrected chi connectivity index (χ2v) is 17.2. The fourth-order valence-electron chi connectivity index (χ4n) is 6.50. The number of ether oxygens (including phenoxy) is 3. The predicted molar refractivity (Wildman–Crippen MR) is 236 cm³/mol. The minimum atomic E-state index is -1.20. The molecule has 2 saturated heterocycles. The maximum atomic E-state index is 14.3. The number of amides is 2. The van der Waals surface area contributed by atoms with Crippen molar-refractivity contribution >= 4 is 102 Å². The molecule has 0 bridgehead atoms. The lowest BCUT2D eigenvalue weighted by molar-refractivity contribution is -0.0209.